The van der Waals surface area contributed by atoms with Crippen LogP contribution in [-0.2, 0) is 4.74 Å². The van der Waals surface area contributed by atoms with Gasteiger partial charge in [-0.05, 0) is 37.8 Å². The first kappa shape index (κ1) is 12.0. The van der Waals surface area contributed by atoms with Gasteiger partial charge in [0.05, 0.1) is 0 Å². The van der Waals surface area contributed by atoms with Crippen molar-refractivity contribution in [1.29, 1.82) is 0 Å². The Balaban J connectivity index is 1.66. The third-order valence-corrected chi connectivity index (χ3v) is 2.52. The van der Waals surface area contributed by atoms with Gasteiger partial charge >= 0.3 is 0 Å². The Morgan fingerprint density at radius 3 is 2.71 bits per heavy atom. The number of hydrogen-bond acceptors (Lipinski definition) is 2. The molecule has 1 aliphatic carbocycles. The minimum absolute atomic E-state index is 0.665. The average Bonchev–Trinajstić information content (AvgIpc) is 2.92. The van der Waals surface area contributed by atoms with Crippen LogP contribution in [0.4, 0.5) is 0 Å². The molecular weight excluding hydrogens is 174 g/mol. The minimum Gasteiger partial charge on any atom is -0.381 e. The van der Waals surface area contributed by atoms with Crippen molar-refractivity contribution in [2.45, 2.75) is 39.5 Å². The van der Waals surface area contributed by atoms with E-state index in [1.54, 1.807) is 0 Å². The molecule has 14 heavy (non-hydrogen) atoms. The van der Waals surface area contributed by atoms with Gasteiger partial charge in [-0.1, -0.05) is 26.7 Å². The highest BCUT2D eigenvalue weighted by atomic mass is 16.5. The highest BCUT2D eigenvalue weighted by Gasteiger charge is 2.19. The fourth-order valence-corrected chi connectivity index (χ4v) is 1.46. The van der Waals surface area contributed by atoms with Crippen LogP contribution in [0.25, 0.3) is 0 Å². The van der Waals surface area contributed by atoms with Crippen LogP contribution < -0.4 is 5.32 Å². The molecule has 1 rings (SSSR count). The molecule has 0 unspecified atom stereocenters. The summed E-state index contributed by atoms with van der Waals surface area (Å²) in [7, 11) is 0. The lowest BCUT2D eigenvalue weighted by Gasteiger charge is -2.07. The van der Waals surface area contributed by atoms with Crippen molar-refractivity contribution < 1.29 is 4.74 Å². The zero-order valence-electron chi connectivity index (χ0n) is 9.72. The van der Waals surface area contributed by atoms with Crippen molar-refractivity contribution in [3.05, 3.63) is 0 Å². The molecule has 0 heterocycles. The lowest BCUT2D eigenvalue weighted by molar-refractivity contribution is 0.108. The summed E-state index contributed by atoms with van der Waals surface area (Å²) in [5.41, 5.74) is 0. The van der Waals surface area contributed by atoms with Crippen LogP contribution in [0.5, 0.6) is 0 Å². The van der Waals surface area contributed by atoms with Crippen LogP contribution in [0.3, 0.4) is 0 Å². The second kappa shape index (κ2) is 7.24. The first-order valence-electron chi connectivity index (χ1n) is 6.07. The van der Waals surface area contributed by atoms with Crippen LogP contribution >= 0.6 is 0 Å². The summed E-state index contributed by atoms with van der Waals surface area (Å²) >= 11 is 0. The molecule has 0 atom stereocenters. The van der Waals surface area contributed by atoms with Crippen LogP contribution in [-0.4, -0.2) is 26.3 Å². The van der Waals surface area contributed by atoms with Gasteiger partial charge in [-0.2, -0.15) is 0 Å². The summed E-state index contributed by atoms with van der Waals surface area (Å²) in [6, 6.07) is 0. The second-order valence-electron chi connectivity index (χ2n) is 4.80. The molecule has 0 aliphatic heterocycles. The van der Waals surface area contributed by atoms with Gasteiger partial charge in [0, 0.05) is 13.2 Å². The predicted octanol–water partition coefficient (Wildman–Crippen LogP) is 2.44. The summed E-state index contributed by atoms with van der Waals surface area (Å²) in [5.74, 6) is 1.72. The Bertz CT molecular complexity index is 124. The Kier molecular flexibility index (Phi) is 6.20. The first-order valence-corrected chi connectivity index (χ1v) is 6.07. The SMILES string of the molecule is CC(C)COCCCNCCC1CC1. The molecule has 2 nitrogen and oxygen atoms in total. The van der Waals surface area contributed by atoms with Gasteiger partial charge in [-0.15, -0.1) is 0 Å². The molecule has 0 aromatic rings. The maximum Gasteiger partial charge on any atom is 0.0489 e. The van der Waals surface area contributed by atoms with Gasteiger partial charge in [0.15, 0.2) is 0 Å². The molecule has 0 amide bonds. The van der Waals surface area contributed by atoms with Gasteiger partial charge in [0.25, 0.3) is 0 Å². The van der Waals surface area contributed by atoms with Gasteiger partial charge in [-0.25, -0.2) is 0 Å². The minimum atomic E-state index is 0.665. The van der Waals surface area contributed by atoms with Crippen molar-refractivity contribution >= 4 is 0 Å². The topological polar surface area (TPSA) is 21.3 Å². The van der Waals surface area contributed by atoms with Crippen LogP contribution in [0.15, 0.2) is 0 Å². The molecule has 2 heteroatoms. The van der Waals surface area contributed by atoms with Gasteiger partial charge in [0.1, 0.15) is 0 Å². The maximum atomic E-state index is 5.50. The Morgan fingerprint density at radius 2 is 2.07 bits per heavy atom. The molecule has 1 N–H and O–H groups in total. The summed E-state index contributed by atoms with van der Waals surface area (Å²) in [6.45, 7) is 8.51. The van der Waals surface area contributed by atoms with E-state index in [0.29, 0.717) is 5.92 Å². The van der Waals surface area contributed by atoms with Crippen molar-refractivity contribution in [3.8, 4) is 0 Å². The Labute approximate surface area is 88.4 Å². The van der Waals surface area contributed by atoms with Crippen molar-refractivity contribution in [1.82, 2.24) is 5.32 Å². The zero-order valence-corrected chi connectivity index (χ0v) is 9.72. The van der Waals surface area contributed by atoms with E-state index >= 15 is 0 Å². The van der Waals surface area contributed by atoms with Crippen molar-refractivity contribution in [2.24, 2.45) is 11.8 Å². The Hall–Kier alpha value is -0.0800. The quantitative estimate of drug-likeness (QED) is 0.576. The molecule has 0 aromatic heterocycles. The number of ether oxygens (including phenoxy) is 1. The largest absolute Gasteiger partial charge is 0.381 e. The average molecular weight is 199 g/mol. The molecule has 1 aliphatic rings. The van der Waals surface area contributed by atoms with Gasteiger partial charge in [-0.3, -0.25) is 0 Å². The number of nitrogens with one attached hydrogen (secondary N) is 1. The Morgan fingerprint density at radius 1 is 1.29 bits per heavy atom. The standard InChI is InChI=1S/C12H25NO/c1-11(2)10-14-9-3-7-13-8-6-12-4-5-12/h11-13H,3-10H2,1-2H3. The van der Waals surface area contributed by atoms with Crippen molar-refractivity contribution in [2.75, 3.05) is 26.3 Å². The third kappa shape index (κ3) is 7.34. The van der Waals surface area contributed by atoms with E-state index in [4.69, 9.17) is 4.74 Å². The molecule has 1 saturated carbocycles. The molecule has 0 radical (unpaired) electrons. The summed E-state index contributed by atoms with van der Waals surface area (Å²) in [4.78, 5) is 0. The van der Waals surface area contributed by atoms with E-state index in [0.717, 1.165) is 32.1 Å². The van der Waals surface area contributed by atoms with Crippen LogP contribution in [0.1, 0.15) is 39.5 Å². The van der Waals surface area contributed by atoms with E-state index < -0.39 is 0 Å². The van der Waals surface area contributed by atoms with E-state index in [2.05, 4.69) is 19.2 Å². The fourth-order valence-electron chi connectivity index (χ4n) is 1.46. The third-order valence-electron chi connectivity index (χ3n) is 2.52. The lowest BCUT2D eigenvalue weighted by Crippen LogP contribution is -2.18. The molecule has 0 saturated heterocycles. The van der Waals surface area contributed by atoms with Gasteiger partial charge < -0.3 is 10.1 Å². The molecule has 0 spiro atoms. The number of rotatable bonds is 9. The molecule has 0 aromatic carbocycles. The van der Waals surface area contributed by atoms with Crippen LogP contribution in [0, 0.1) is 11.8 Å². The van der Waals surface area contributed by atoms with E-state index in [1.807, 2.05) is 0 Å². The summed E-state index contributed by atoms with van der Waals surface area (Å²) in [6.07, 6.45) is 5.47. The molecule has 84 valence electrons. The summed E-state index contributed by atoms with van der Waals surface area (Å²) in [5, 5.41) is 3.46. The lowest BCUT2D eigenvalue weighted by atomic mass is 10.2. The predicted molar refractivity (Wildman–Crippen MR) is 60.5 cm³/mol. The second-order valence-corrected chi connectivity index (χ2v) is 4.80. The monoisotopic (exact) mass is 199 g/mol. The van der Waals surface area contributed by atoms with Gasteiger partial charge in [0.2, 0.25) is 0 Å². The highest BCUT2D eigenvalue weighted by molar-refractivity contribution is 4.73. The number of hydrogen-bond donors (Lipinski definition) is 1. The normalized spacial score (nSPS) is 16.5. The van der Waals surface area contributed by atoms with Crippen LogP contribution in [0.2, 0.25) is 0 Å². The van der Waals surface area contributed by atoms with E-state index in [9.17, 15) is 0 Å². The van der Waals surface area contributed by atoms with E-state index in [-0.39, 0.29) is 0 Å². The molecule has 1 fully saturated rings. The van der Waals surface area contributed by atoms with E-state index in [1.165, 1.54) is 25.8 Å². The van der Waals surface area contributed by atoms with Crippen molar-refractivity contribution in [3.63, 3.8) is 0 Å². The zero-order chi connectivity index (χ0) is 10.2. The molecular formula is C12H25NO. The first-order chi connectivity index (χ1) is 6.79. The highest BCUT2D eigenvalue weighted by Crippen LogP contribution is 2.31. The smallest absolute Gasteiger partial charge is 0.0489 e. The fraction of sp³-hybridized carbons (Fsp3) is 1.00. The summed E-state index contributed by atoms with van der Waals surface area (Å²) < 4.78 is 5.50. The molecule has 0 bridgehead atoms. The maximum absolute atomic E-state index is 5.50.